The zero-order chi connectivity index (χ0) is 12.6. The van der Waals surface area contributed by atoms with Crippen molar-refractivity contribution in [1.29, 1.82) is 0 Å². The molecule has 2 rings (SSSR count). The van der Waals surface area contributed by atoms with Gasteiger partial charge in [0.1, 0.15) is 5.15 Å². The highest BCUT2D eigenvalue weighted by molar-refractivity contribution is 6.34. The van der Waals surface area contributed by atoms with E-state index in [1.807, 2.05) is 6.07 Å². The van der Waals surface area contributed by atoms with Gasteiger partial charge in [-0.1, -0.05) is 29.3 Å². The van der Waals surface area contributed by atoms with E-state index < -0.39 is 5.97 Å². The average Bonchev–Trinajstić information content (AvgIpc) is 2.50. The fourth-order valence-corrected chi connectivity index (χ4v) is 2.14. The van der Waals surface area contributed by atoms with Crippen molar-refractivity contribution in [3.8, 4) is 0 Å². The first-order valence-corrected chi connectivity index (χ1v) is 5.60. The molecular formula is C12H9Cl2NO2. The molecule has 17 heavy (non-hydrogen) atoms. The van der Waals surface area contributed by atoms with Gasteiger partial charge in [-0.3, -0.25) is 0 Å². The molecule has 2 aromatic rings. The van der Waals surface area contributed by atoms with Crippen molar-refractivity contribution in [2.75, 3.05) is 0 Å². The molecule has 1 heterocycles. The van der Waals surface area contributed by atoms with Crippen molar-refractivity contribution < 1.29 is 9.90 Å². The summed E-state index contributed by atoms with van der Waals surface area (Å²) in [6, 6.07) is 5.37. The molecule has 88 valence electrons. The smallest absolute Gasteiger partial charge is 0.328 e. The van der Waals surface area contributed by atoms with Crippen molar-refractivity contribution in [2.45, 2.75) is 0 Å². The first-order valence-electron chi connectivity index (χ1n) is 4.85. The van der Waals surface area contributed by atoms with Crippen molar-refractivity contribution in [2.24, 2.45) is 7.05 Å². The van der Waals surface area contributed by atoms with Gasteiger partial charge in [-0.2, -0.15) is 0 Å². The topological polar surface area (TPSA) is 42.2 Å². The lowest BCUT2D eigenvalue weighted by Gasteiger charge is -1.96. The second-order valence-electron chi connectivity index (χ2n) is 3.60. The molecule has 0 unspecified atom stereocenters. The zero-order valence-electron chi connectivity index (χ0n) is 8.95. The van der Waals surface area contributed by atoms with Crippen LogP contribution in [0.4, 0.5) is 0 Å². The Kier molecular flexibility index (Phi) is 3.13. The van der Waals surface area contributed by atoms with E-state index in [9.17, 15) is 4.79 Å². The van der Waals surface area contributed by atoms with E-state index in [1.54, 1.807) is 23.7 Å². The summed E-state index contributed by atoms with van der Waals surface area (Å²) in [5, 5.41) is 10.6. The van der Waals surface area contributed by atoms with Crippen LogP contribution in [0.3, 0.4) is 0 Å². The molecule has 0 saturated heterocycles. The monoisotopic (exact) mass is 269 g/mol. The third-order valence-electron chi connectivity index (χ3n) is 2.52. The number of hydrogen-bond acceptors (Lipinski definition) is 1. The van der Waals surface area contributed by atoms with Crippen LogP contribution in [-0.4, -0.2) is 15.6 Å². The standard InChI is InChI=1S/C12H9Cl2NO2/c1-15-10-6-7(13)2-3-8(10)9(12(15)14)4-5-11(16)17/h2-6H,1H3,(H,16,17)/b5-4+. The van der Waals surface area contributed by atoms with Crippen LogP contribution in [0.2, 0.25) is 10.2 Å². The molecule has 0 atom stereocenters. The van der Waals surface area contributed by atoms with E-state index in [-0.39, 0.29) is 0 Å². The second-order valence-corrected chi connectivity index (χ2v) is 4.39. The summed E-state index contributed by atoms with van der Waals surface area (Å²) in [5.74, 6) is -1.01. The molecule has 5 heteroatoms. The first-order chi connectivity index (χ1) is 8.00. The predicted molar refractivity (Wildman–Crippen MR) is 69.6 cm³/mol. The Morgan fingerprint density at radius 2 is 2.12 bits per heavy atom. The summed E-state index contributed by atoms with van der Waals surface area (Å²) in [6.07, 6.45) is 2.55. The molecule has 0 aliphatic heterocycles. The number of aromatic nitrogens is 1. The number of fused-ring (bicyclic) bond motifs is 1. The van der Waals surface area contributed by atoms with Crippen LogP contribution in [0, 0.1) is 0 Å². The van der Waals surface area contributed by atoms with Gasteiger partial charge >= 0.3 is 5.97 Å². The molecule has 1 aromatic carbocycles. The highest BCUT2D eigenvalue weighted by Crippen LogP contribution is 2.31. The Bertz CT molecular complexity index is 629. The molecule has 1 N–H and O–H groups in total. The van der Waals surface area contributed by atoms with Gasteiger partial charge in [-0.25, -0.2) is 4.79 Å². The molecule has 0 aliphatic carbocycles. The van der Waals surface area contributed by atoms with E-state index >= 15 is 0 Å². The van der Waals surface area contributed by atoms with E-state index in [2.05, 4.69) is 0 Å². The highest BCUT2D eigenvalue weighted by atomic mass is 35.5. The number of aryl methyl sites for hydroxylation is 1. The Balaban J connectivity index is 2.71. The lowest BCUT2D eigenvalue weighted by molar-refractivity contribution is -0.131. The largest absolute Gasteiger partial charge is 0.478 e. The lowest BCUT2D eigenvalue weighted by Crippen LogP contribution is -1.87. The summed E-state index contributed by atoms with van der Waals surface area (Å²) >= 11 is 12.1. The van der Waals surface area contributed by atoms with Crippen LogP contribution >= 0.6 is 23.2 Å². The quantitative estimate of drug-likeness (QED) is 0.847. The van der Waals surface area contributed by atoms with Gasteiger partial charge in [0.25, 0.3) is 0 Å². The van der Waals surface area contributed by atoms with Crippen LogP contribution in [0.25, 0.3) is 17.0 Å². The maximum Gasteiger partial charge on any atom is 0.328 e. The highest BCUT2D eigenvalue weighted by Gasteiger charge is 2.11. The number of carbonyl (C=O) groups is 1. The molecule has 1 aromatic heterocycles. The first kappa shape index (κ1) is 12.0. The maximum absolute atomic E-state index is 10.5. The van der Waals surface area contributed by atoms with Gasteiger partial charge in [0, 0.05) is 29.1 Å². The number of aliphatic carboxylic acids is 1. The van der Waals surface area contributed by atoms with Crippen LogP contribution in [-0.2, 0) is 11.8 Å². The van der Waals surface area contributed by atoms with Gasteiger partial charge in [0.2, 0.25) is 0 Å². The second kappa shape index (κ2) is 4.43. The lowest BCUT2D eigenvalue weighted by atomic mass is 10.1. The molecule has 0 radical (unpaired) electrons. The summed E-state index contributed by atoms with van der Waals surface area (Å²) in [4.78, 5) is 10.5. The number of carboxylic acid groups (broad SMARTS) is 1. The molecule has 0 aliphatic rings. The average molecular weight is 270 g/mol. The molecule has 3 nitrogen and oxygen atoms in total. The van der Waals surface area contributed by atoms with Gasteiger partial charge in [-0.15, -0.1) is 0 Å². The van der Waals surface area contributed by atoms with Gasteiger partial charge < -0.3 is 9.67 Å². The summed E-state index contributed by atoms with van der Waals surface area (Å²) in [6.45, 7) is 0. The van der Waals surface area contributed by atoms with E-state index in [0.29, 0.717) is 15.7 Å². The Morgan fingerprint density at radius 1 is 1.41 bits per heavy atom. The zero-order valence-corrected chi connectivity index (χ0v) is 10.5. The normalized spacial score (nSPS) is 11.5. The molecule has 0 bridgehead atoms. The Labute approximate surface area is 108 Å². The summed E-state index contributed by atoms with van der Waals surface area (Å²) < 4.78 is 1.77. The van der Waals surface area contributed by atoms with E-state index in [0.717, 1.165) is 17.0 Å². The summed E-state index contributed by atoms with van der Waals surface area (Å²) in [7, 11) is 1.80. The minimum atomic E-state index is -1.01. The predicted octanol–water partition coefficient (Wildman–Crippen LogP) is 3.58. The number of hydrogen-bond donors (Lipinski definition) is 1. The van der Waals surface area contributed by atoms with Crippen LogP contribution in [0.1, 0.15) is 5.56 Å². The Hall–Kier alpha value is -1.45. The van der Waals surface area contributed by atoms with E-state index in [1.165, 1.54) is 6.08 Å². The third-order valence-corrected chi connectivity index (χ3v) is 3.21. The van der Waals surface area contributed by atoms with Crippen LogP contribution in [0.5, 0.6) is 0 Å². The minimum absolute atomic E-state index is 0.486. The summed E-state index contributed by atoms with van der Waals surface area (Å²) in [5.41, 5.74) is 1.55. The molecule has 0 amide bonds. The van der Waals surface area contributed by atoms with Crippen LogP contribution in [0.15, 0.2) is 24.3 Å². The van der Waals surface area contributed by atoms with Crippen molar-refractivity contribution in [3.63, 3.8) is 0 Å². The van der Waals surface area contributed by atoms with Gasteiger partial charge in [0.15, 0.2) is 0 Å². The fraction of sp³-hybridized carbons (Fsp3) is 0.0833. The molecule has 0 spiro atoms. The number of rotatable bonds is 2. The minimum Gasteiger partial charge on any atom is -0.478 e. The number of benzene rings is 1. The third kappa shape index (κ3) is 2.16. The molecule has 0 fully saturated rings. The van der Waals surface area contributed by atoms with Crippen molar-refractivity contribution in [3.05, 3.63) is 40.0 Å². The van der Waals surface area contributed by atoms with Crippen molar-refractivity contribution in [1.82, 2.24) is 4.57 Å². The Morgan fingerprint density at radius 3 is 2.76 bits per heavy atom. The molecule has 0 saturated carbocycles. The van der Waals surface area contributed by atoms with Gasteiger partial charge in [-0.05, 0) is 18.2 Å². The number of carboxylic acids is 1. The molecular weight excluding hydrogens is 261 g/mol. The van der Waals surface area contributed by atoms with Crippen molar-refractivity contribution >= 4 is 46.2 Å². The van der Waals surface area contributed by atoms with Gasteiger partial charge in [0.05, 0.1) is 5.52 Å². The van der Waals surface area contributed by atoms with Crippen LogP contribution < -0.4 is 0 Å². The SMILES string of the molecule is Cn1c(Cl)c(/C=C/C(=O)O)c2ccc(Cl)cc21. The number of halogens is 2. The maximum atomic E-state index is 10.5. The fourth-order valence-electron chi connectivity index (χ4n) is 1.72. The number of nitrogens with zero attached hydrogens (tertiary/aromatic N) is 1. The van der Waals surface area contributed by atoms with E-state index in [4.69, 9.17) is 28.3 Å².